The molecule has 2 nitrogen and oxygen atoms in total. The van der Waals surface area contributed by atoms with Gasteiger partial charge in [0.2, 0.25) is 0 Å². The van der Waals surface area contributed by atoms with Crippen molar-refractivity contribution in [1.82, 2.24) is 0 Å². The number of ether oxygens (including phenoxy) is 1. The van der Waals surface area contributed by atoms with E-state index in [1.165, 1.54) is 7.11 Å². The smallest absolute Gasteiger partial charge is 0.173 e. The molecule has 0 aromatic heterocycles. The Morgan fingerprint density at radius 2 is 2.29 bits per heavy atom. The van der Waals surface area contributed by atoms with Crippen molar-refractivity contribution in [2.75, 3.05) is 7.11 Å². The van der Waals surface area contributed by atoms with Crippen LogP contribution in [0.1, 0.15) is 6.92 Å². The van der Waals surface area contributed by atoms with E-state index in [4.69, 9.17) is 5.11 Å². The lowest BCUT2D eigenvalue weighted by Crippen LogP contribution is -2.02. The number of aliphatic hydroxyl groups is 1. The van der Waals surface area contributed by atoms with Gasteiger partial charge in [-0.25, -0.2) is 0 Å². The summed E-state index contributed by atoms with van der Waals surface area (Å²) in [5, 5.41) is 8.55. The first kappa shape index (κ1) is 6.66. The van der Waals surface area contributed by atoms with Crippen LogP contribution in [0.2, 0.25) is 0 Å². The largest absolute Gasteiger partial charge is 0.365 e. The highest BCUT2D eigenvalue weighted by Crippen LogP contribution is 1.82. The summed E-state index contributed by atoms with van der Waals surface area (Å²) < 4.78 is 4.46. The quantitative estimate of drug-likeness (QED) is 0.407. The van der Waals surface area contributed by atoms with Gasteiger partial charge in [0.25, 0.3) is 0 Å². The van der Waals surface area contributed by atoms with E-state index in [1.807, 2.05) is 6.92 Å². The summed E-state index contributed by atoms with van der Waals surface area (Å²) in [7, 11) is 1.45. The Balaban J connectivity index is 3.16. The topological polar surface area (TPSA) is 29.5 Å². The minimum atomic E-state index is -0.731. The number of allylic oxidation sites excluding steroid dienone is 1. The average molecular weight is 102 g/mol. The first-order chi connectivity index (χ1) is 3.31. The molecule has 0 spiro atoms. The van der Waals surface area contributed by atoms with Gasteiger partial charge in [0.1, 0.15) is 0 Å². The van der Waals surface area contributed by atoms with Crippen LogP contribution in [-0.2, 0) is 4.74 Å². The van der Waals surface area contributed by atoms with Gasteiger partial charge in [0, 0.05) is 7.11 Å². The predicted octanol–water partition coefficient (Wildman–Crippen LogP) is 0.527. The molecule has 0 bridgehead atoms. The van der Waals surface area contributed by atoms with Crippen molar-refractivity contribution in [3.63, 3.8) is 0 Å². The molecule has 0 heterocycles. The normalized spacial score (nSPS) is 15.3. The van der Waals surface area contributed by atoms with Crippen LogP contribution >= 0.6 is 0 Å². The van der Waals surface area contributed by atoms with Gasteiger partial charge < -0.3 is 9.84 Å². The predicted molar refractivity (Wildman–Crippen MR) is 27.8 cm³/mol. The number of aliphatic hydroxyl groups excluding tert-OH is 1. The van der Waals surface area contributed by atoms with Crippen LogP contribution in [0.3, 0.4) is 0 Å². The summed E-state index contributed by atoms with van der Waals surface area (Å²) in [6.45, 7) is 1.82. The highest BCUT2D eigenvalue weighted by Gasteiger charge is 1.87. The summed E-state index contributed by atoms with van der Waals surface area (Å²) in [5.74, 6) is 0. The average Bonchev–Trinajstić information content (AvgIpc) is 1.68. The zero-order valence-corrected chi connectivity index (χ0v) is 4.59. The van der Waals surface area contributed by atoms with Crippen LogP contribution in [-0.4, -0.2) is 18.5 Å². The Kier molecular flexibility index (Phi) is 3.65. The maximum Gasteiger partial charge on any atom is 0.173 e. The van der Waals surface area contributed by atoms with Gasteiger partial charge in [-0.15, -0.1) is 0 Å². The molecule has 0 aliphatic carbocycles. The van der Waals surface area contributed by atoms with Crippen molar-refractivity contribution >= 4 is 0 Å². The molecule has 0 amide bonds. The SMILES string of the molecule is C/C=C/C(O)OC. The number of hydrogen-bond acceptors (Lipinski definition) is 2. The van der Waals surface area contributed by atoms with Crippen LogP contribution in [0, 0.1) is 0 Å². The highest BCUT2D eigenvalue weighted by molar-refractivity contribution is 4.79. The molecule has 42 valence electrons. The van der Waals surface area contributed by atoms with Gasteiger partial charge in [-0.1, -0.05) is 6.08 Å². The molecule has 0 fully saturated rings. The van der Waals surface area contributed by atoms with Gasteiger partial charge in [-0.2, -0.15) is 0 Å². The van der Waals surface area contributed by atoms with Gasteiger partial charge in [0.15, 0.2) is 6.29 Å². The Morgan fingerprint density at radius 3 is 2.43 bits per heavy atom. The number of hydrogen-bond donors (Lipinski definition) is 1. The summed E-state index contributed by atoms with van der Waals surface area (Å²) >= 11 is 0. The molecule has 1 N–H and O–H groups in total. The van der Waals surface area contributed by atoms with Crippen molar-refractivity contribution in [1.29, 1.82) is 0 Å². The molecule has 0 saturated carbocycles. The third kappa shape index (κ3) is 3.49. The molecule has 0 aromatic rings. The maximum atomic E-state index is 8.55. The molecule has 0 rings (SSSR count). The lowest BCUT2D eigenvalue weighted by atomic mass is 10.5. The summed E-state index contributed by atoms with van der Waals surface area (Å²) in [6.07, 6.45) is 2.55. The number of methoxy groups -OCH3 is 1. The molecule has 7 heavy (non-hydrogen) atoms. The Bertz CT molecular complexity index is 59.1. The fourth-order valence-corrected chi connectivity index (χ4v) is 0.243. The van der Waals surface area contributed by atoms with E-state index in [1.54, 1.807) is 12.2 Å². The van der Waals surface area contributed by atoms with Gasteiger partial charge in [-0.3, -0.25) is 0 Å². The summed E-state index contributed by atoms with van der Waals surface area (Å²) in [6, 6.07) is 0. The van der Waals surface area contributed by atoms with E-state index in [-0.39, 0.29) is 0 Å². The fourth-order valence-electron chi connectivity index (χ4n) is 0.243. The second-order valence-electron chi connectivity index (χ2n) is 1.15. The van der Waals surface area contributed by atoms with Crippen LogP contribution in [0.15, 0.2) is 12.2 Å². The van der Waals surface area contributed by atoms with E-state index in [2.05, 4.69) is 4.74 Å². The van der Waals surface area contributed by atoms with Crippen LogP contribution in [0.25, 0.3) is 0 Å². The molecule has 0 aliphatic rings. The van der Waals surface area contributed by atoms with Crippen molar-refractivity contribution in [2.24, 2.45) is 0 Å². The van der Waals surface area contributed by atoms with Crippen molar-refractivity contribution < 1.29 is 9.84 Å². The van der Waals surface area contributed by atoms with Crippen molar-refractivity contribution in [3.05, 3.63) is 12.2 Å². The molecule has 2 heteroatoms. The Hall–Kier alpha value is -0.340. The molecule has 0 radical (unpaired) electrons. The molecular formula is C5H10O2. The Morgan fingerprint density at radius 1 is 1.71 bits per heavy atom. The lowest BCUT2D eigenvalue weighted by Gasteiger charge is -1.97. The standard InChI is InChI=1S/C5H10O2/c1-3-4-5(6)7-2/h3-6H,1-2H3/b4-3+. The van der Waals surface area contributed by atoms with Gasteiger partial charge in [0.05, 0.1) is 0 Å². The van der Waals surface area contributed by atoms with E-state index in [0.717, 1.165) is 0 Å². The molecule has 0 aromatic carbocycles. The molecule has 1 atom stereocenters. The maximum absolute atomic E-state index is 8.55. The van der Waals surface area contributed by atoms with E-state index >= 15 is 0 Å². The van der Waals surface area contributed by atoms with Crippen LogP contribution < -0.4 is 0 Å². The third-order valence-corrected chi connectivity index (χ3v) is 0.599. The lowest BCUT2D eigenvalue weighted by molar-refractivity contribution is -0.0357. The second kappa shape index (κ2) is 3.84. The Labute approximate surface area is 43.4 Å². The minimum Gasteiger partial charge on any atom is -0.365 e. The monoisotopic (exact) mass is 102 g/mol. The third-order valence-electron chi connectivity index (χ3n) is 0.599. The minimum absolute atomic E-state index is 0.731. The highest BCUT2D eigenvalue weighted by atomic mass is 16.6. The first-order valence-electron chi connectivity index (χ1n) is 2.15. The molecular weight excluding hydrogens is 92.1 g/mol. The zero-order chi connectivity index (χ0) is 5.70. The zero-order valence-electron chi connectivity index (χ0n) is 4.59. The molecule has 1 unspecified atom stereocenters. The van der Waals surface area contributed by atoms with E-state index in [9.17, 15) is 0 Å². The summed E-state index contributed by atoms with van der Waals surface area (Å²) in [4.78, 5) is 0. The molecule has 0 saturated heterocycles. The first-order valence-corrected chi connectivity index (χ1v) is 2.15. The van der Waals surface area contributed by atoms with Crippen molar-refractivity contribution in [2.45, 2.75) is 13.2 Å². The number of rotatable bonds is 2. The van der Waals surface area contributed by atoms with Crippen LogP contribution in [0.4, 0.5) is 0 Å². The van der Waals surface area contributed by atoms with Crippen molar-refractivity contribution in [3.8, 4) is 0 Å². The molecule has 0 aliphatic heterocycles. The van der Waals surface area contributed by atoms with Gasteiger partial charge in [-0.05, 0) is 13.0 Å². The summed E-state index contributed by atoms with van der Waals surface area (Å²) in [5.41, 5.74) is 0. The van der Waals surface area contributed by atoms with Crippen LogP contribution in [0.5, 0.6) is 0 Å². The second-order valence-corrected chi connectivity index (χ2v) is 1.15. The fraction of sp³-hybridized carbons (Fsp3) is 0.600. The van der Waals surface area contributed by atoms with E-state index < -0.39 is 6.29 Å². The van der Waals surface area contributed by atoms with Gasteiger partial charge >= 0.3 is 0 Å². The van der Waals surface area contributed by atoms with E-state index in [0.29, 0.717) is 0 Å².